The van der Waals surface area contributed by atoms with Crippen LogP contribution in [0.15, 0.2) is 52.4 Å². The van der Waals surface area contributed by atoms with Crippen molar-refractivity contribution in [3.63, 3.8) is 0 Å². The van der Waals surface area contributed by atoms with E-state index in [1.54, 1.807) is 0 Å². The van der Waals surface area contributed by atoms with Gasteiger partial charge >= 0.3 is 0 Å². The molecule has 0 radical (unpaired) electrons. The minimum absolute atomic E-state index is 0.154. The van der Waals surface area contributed by atoms with Crippen LogP contribution in [0.2, 0.25) is 0 Å². The maximum absolute atomic E-state index is 13.7. The van der Waals surface area contributed by atoms with Crippen LogP contribution in [0.1, 0.15) is 11.1 Å². The molecule has 116 valence electrons. The highest BCUT2D eigenvalue weighted by molar-refractivity contribution is 8.18. The van der Waals surface area contributed by atoms with Crippen molar-refractivity contribution < 1.29 is 13.6 Å². The van der Waals surface area contributed by atoms with Crippen molar-refractivity contribution in [1.29, 1.82) is 0 Å². The average Bonchev–Trinajstić information content (AvgIpc) is 2.84. The van der Waals surface area contributed by atoms with Gasteiger partial charge in [-0.15, -0.1) is 0 Å². The lowest BCUT2D eigenvalue weighted by Gasteiger charge is -1.99. The smallest absolute Gasteiger partial charge is 0.264 e. The fourth-order valence-electron chi connectivity index (χ4n) is 2.04. The van der Waals surface area contributed by atoms with Crippen LogP contribution in [0.4, 0.5) is 14.5 Å². The summed E-state index contributed by atoms with van der Waals surface area (Å²) in [4.78, 5) is 16.7. The Kier molecular flexibility index (Phi) is 4.25. The van der Waals surface area contributed by atoms with E-state index in [-0.39, 0.29) is 11.5 Å². The number of aryl methyl sites for hydroxylation is 1. The quantitative estimate of drug-likeness (QED) is 0.840. The van der Waals surface area contributed by atoms with Gasteiger partial charge in [-0.1, -0.05) is 18.2 Å². The number of benzene rings is 2. The van der Waals surface area contributed by atoms with Gasteiger partial charge in [0.05, 0.1) is 10.6 Å². The van der Waals surface area contributed by atoms with E-state index in [0.29, 0.717) is 10.1 Å². The van der Waals surface area contributed by atoms with Gasteiger partial charge in [0, 0.05) is 11.6 Å². The molecule has 23 heavy (non-hydrogen) atoms. The molecule has 1 aliphatic rings. The molecule has 1 N–H and O–H groups in total. The summed E-state index contributed by atoms with van der Waals surface area (Å²) in [6, 6.07) is 10.8. The van der Waals surface area contributed by atoms with E-state index in [2.05, 4.69) is 10.3 Å². The Hall–Kier alpha value is -2.47. The van der Waals surface area contributed by atoms with Crippen LogP contribution >= 0.6 is 11.8 Å². The van der Waals surface area contributed by atoms with Gasteiger partial charge in [0.15, 0.2) is 5.17 Å². The molecule has 0 unspecified atom stereocenters. The Morgan fingerprint density at radius 1 is 1.17 bits per heavy atom. The number of halogens is 2. The number of para-hydroxylation sites is 1. The largest absolute Gasteiger partial charge is 0.300 e. The monoisotopic (exact) mass is 330 g/mol. The molecular weight excluding hydrogens is 318 g/mol. The standard InChI is InChI=1S/C17H12F2N2OS/c1-10-4-2-3-5-14(10)20-17-21-16(22)15(23-17)8-11-6-7-12(18)9-13(11)19/h2-9H,1H3,(H,20,21,22)/b15-8-. The van der Waals surface area contributed by atoms with Crippen molar-refractivity contribution in [1.82, 2.24) is 5.32 Å². The Morgan fingerprint density at radius 2 is 1.96 bits per heavy atom. The fraction of sp³-hybridized carbons (Fsp3) is 0.0588. The molecule has 0 saturated carbocycles. The second-order valence-corrected chi connectivity index (χ2v) is 5.96. The molecule has 1 saturated heterocycles. The van der Waals surface area contributed by atoms with Crippen molar-refractivity contribution in [3.05, 3.63) is 70.1 Å². The van der Waals surface area contributed by atoms with E-state index >= 15 is 0 Å². The van der Waals surface area contributed by atoms with Crippen LogP contribution in [0.25, 0.3) is 6.08 Å². The van der Waals surface area contributed by atoms with Crippen LogP contribution in [0, 0.1) is 18.6 Å². The van der Waals surface area contributed by atoms with Crippen LogP contribution in [-0.2, 0) is 4.79 Å². The number of hydrogen-bond acceptors (Lipinski definition) is 3. The zero-order valence-corrected chi connectivity index (χ0v) is 13.0. The fourth-order valence-corrected chi connectivity index (χ4v) is 2.86. The van der Waals surface area contributed by atoms with Crippen molar-refractivity contribution in [2.45, 2.75) is 6.92 Å². The number of thioether (sulfide) groups is 1. The molecule has 6 heteroatoms. The third-order valence-electron chi connectivity index (χ3n) is 3.24. The highest BCUT2D eigenvalue weighted by atomic mass is 32.2. The molecule has 1 heterocycles. The Balaban J connectivity index is 1.88. The van der Waals surface area contributed by atoms with Gasteiger partial charge < -0.3 is 5.32 Å². The summed E-state index contributed by atoms with van der Waals surface area (Å²) in [5.41, 5.74) is 1.89. The molecule has 2 aromatic carbocycles. The SMILES string of the molecule is Cc1ccccc1N=C1NC(=O)/C(=C/c2ccc(F)cc2F)S1. The van der Waals surface area contributed by atoms with Gasteiger partial charge in [-0.2, -0.15) is 0 Å². The van der Waals surface area contributed by atoms with Crippen LogP contribution < -0.4 is 5.32 Å². The van der Waals surface area contributed by atoms with E-state index < -0.39 is 11.6 Å². The summed E-state index contributed by atoms with van der Waals surface area (Å²) < 4.78 is 26.6. The van der Waals surface area contributed by atoms with Crippen LogP contribution in [0.3, 0.4) is 0 Å². The number of carbonyl (C=O) groups is 1. The molecule has 1 aliphatic heterocycles. The predicted octanol–water partition coefficient (Wildman–Crippen LogP) is 4.16. The molecule has 1 fully saturated rings. The number of aliphatic imine (C=N–C) groups is 1. The first-order valence-corrected chi connectivity index (χ1v) is 7.65. The molecule has 1 amide bonds. The van der Waals surface area contributed by atoms with Gasteiger partial charge in [-0.05, 0) is 48.5 Å². The summed E-state index contributed by atoms with van der Waals surface area (Å²) in [6.07, 6.45) is 1.38. The van der Waals surface area contributed by atoms with Crippen molar-refractivity contribution in [3.8, 4) is 0 Å². The zero-order valence-electron chi connectivity index (χ0n) is 12.1. The number of nitrogens with zero attached hydrogens (tertiary/aromatic N) is 1. The summed E-state index contributed by atoms with van der Waals surface area (Å²) in [5, 5.41) is 3.07. The first-order valence-electron chi connectivity index (χ1n) is 6.83. The Bertz CT molecular complexity index is 846. The average molecular weight is 330 g/mol. The van der Waals surface area contributed by atoms with E-state index in [4.69, 9.17) is 0 Å². The Morgan fingerprint density at radius 3 is 2.70 bits per heavy atom. The maximum Gasteiger partial charge on any atom is 0.264 e. The topological polar surface area (TPSA) is 41.5 Å². The van der Waals surface area contributed by atoms with E-state index in [0.717, 1.165) is 35.1 Å². The van der Waals surface area contributed by atoms with Crippen molar-refractivity contribution in [2.24, 2.45) is 4.99 Å². The number of carbonyl (C=O) groups excluding carboxylic acids is 1. The zero-order chi connectivity index (χ0) is 16.4. The maximum atomic E-state index is 13.7. The van der Waals surface area contributed by atoms with Gasteiger partial charge in [0.2, 0.25) is 0 Å². The lowest BCUT2D eigenvalue weighted by atomic mass is 10.2. The number of amidine groups is 1. The second kappa shape index (κ2) is 6.34. The first-order chi connectivity index (χ1) is 11.0. The van der Waals surface area contributed by atoms with Gasteiger partial charge in [-0.25, -0.2) is 13.8 Å². The minimum atomic E-state index is -0.713. The number of rotatable bonds is 2. The van der Waals surface area contributed by atoms with Gasteiger partial charge in [0.25, 0.3) is 5.91 Å². The summed E-state index contributed by atoms with van der Waals surface area (Å²) in [5.74, 6) is -1.73. The van der Waals surface area contributed by atoms with E-state index in [1.807, 2.05) is 31.2 Å². The second-order valence-electron chi connectivity index (χ2n) is 4.93. The number of amides is 1. The lowest BCUT2D eigenvalue weighted by molar-refractivity contribution is -0.115. The summed E-state index contributed by atoms with van der Waals surface area (Å²) in [7, 11) is 0. The highest BCUT2D eigenvalue weighted by Gasteiger charge is 2.24. The van der Waals surface area contributed by atoms with Gasteiger partial charge in [0.1, 0.15) is 11.6 Å². The third kappa shape index (κ3) is 3.48. The molecule has 0 aromatic heterocycles. The summed E-state index contributed by atoms with van der Waals surface area (Å²) >= 11 is 1.12. The predicted molar refractivity (Wildman–Crippen MR) is 88.3 cm³/mol. The summed E-state index contributed by atoms with van der Waals surface area (Å²) in [6.45, 7) is 1.92. The van der Waals surface area contributed by atoms with E-state index in [9.17, 15) is 13.6 Å². The minimum Gasteiger partial charge on any atom is -0.300 e. The number of hydrogen-bond donors (Lipinski definition) is 1. The van der Waals surface area contributed by atoms with Crippen molar-refractivity contribution >= 4 is 34.6 Å². The molecule has 0 bridgehead atoms. The van der Waals surface area contributed by atoms with Gasteiger partial charge in [-0.3, -0.25) is 4.79 Å². The van der Waals surface area contributed by atoms with Crippen LogP contribution in [-0.4, -0.2) is 11.1 Å². The number of nitrogens with one attached hydrogen (secondary N) is 1. The Labute approximate surface area is 136 Å². The molecule has 0 aliphatic carbocycles. The molecule has 0 spiro atoms. The normalized spacial score (nSPS) is 17.8. The highest BCUT2D eigenvalue weighted by Crippen LogP contribution is 2.29. The molecular formula is C17H12F2N2OS. The lowest BCUT2D eigenvalue weighted by Crippen LogP contribution is -2.19. The van der Waals surface area contributed by atoms with Crippen LogP contribution in [0.5, 0.6) is 0 Å². The molecule has 3 rings (SSSR count). The van der Waals surface area contributed by atoms with Crippen molar-refractivity contribution in [2.75, 3.05) is 0 Å². The molecule has 0 atom stereocenters. The third-order valence-corrected chi connectivity index (χ3v) is 4.15. The molecule has 2 aromatic rings. The molecule has 3 nitrogen and oxygen atoms in total. The van der Waals surface area contributed by atoms with E-state index in [1.165, 1.54) is 12.1 Å². The first kappa shape index (κ1) is 15.4.